The molecule has 106 valence electrons. The minimum Gasteiger partial charge on any atom is -0.475 e. The summed E-state index contributed by atoms with van der Waals surface area (Å²) >= 11 is 0. The SMILES string of the molecule is CCCS(=O)(=O)CC(=O)NCc1ccc(C(=O)O)o1. The van der Waals surface area contributed by atoms with Gasteiger partial charge in [-0.05, 0) is 18.6 Å². The van der Waals surface area contributed by atoms with Crippen LogP contribution < -0.4 is 5.32 Å². The fourth-order valence-electron chi connectivity index (χ4n) is 1.41. The average Bonchev–Trinajstić information content (AvgIpc) is 2.74. The van der Waals surface area contributed by atoms with E-state index in [4.69, 9.17) is 9.52 Å². The number of carboxylic acid groups (broad SMARTS) is 1. The number of aromatic carboxylic acids is 1. The predicted octanol–water partition coefficient (Wildman–Crippen LogP) is 0.419. The highest BCUT2D eigenvalue weighted by Gasteiger charge is 2.16. The van der Waals surface area contributed by atoms with E-state index in [0.717, 1.165) is 0 Å². The fraction of sp³-hybridized carbons (Fsp3) is 0.455. The molecule has 0 aromatic carbocycles. The number of hydrogen-bond donors (Lipinski definition) is 2. The minimum atomic E-state index is -3.38. The molecule has 8 heteroatoms. The second-order valence-corrected chi connectivity index (χ2v) is 6.12. The average molecular weight is 289 g/mol. The molecule has 7 nitrogen and oxygen atoms in total. The van der Waals surface area contributed by atoms with Gasteiger partial charge in [0.1, 0.15) is 11.5 Å². The van der Waals surface area contributed by atoms with Crippen LogP contribution in [0.4, 0.5) is 0 Å². The highest BCUT2D eigenvalue weighted by Crippen LogP contribution is 2.07. The van der Waals surface area contributed by atoms with Crippen LogP contribution in [0.25, 0.3) is 0 Å². The van der Waals surface area contributed by atoms with Gasteiger partial charge in [-0.15, -0.1) is 0 Å². The molecular weight excluding hydrogens is 274 g/mol. The first kappa shape index (κ1) is 15.2. The lowest BCUT2D eigenvalue weighted by molar-refractivity contribution is -0.118. The van der Waals surface area contributed by atoms with Crippen molar-refractivity contribution in [3.05, 3.63) is 23.7 Å². The van der Waals surface area contributed by atoms with Crippen LogP contribution in [-0.4, -0.2) is 36.9 Å². The van der Waals surface area contributed by atoms with E-state index in [0.29, 0.717) is 6.42 Å². The Kier molecular flexibility index (Phi) is 5.11. The summed E-state index contributed by atoms with van der Waals surface area (Å²) in [5, 5.41) is 11.0. The van der Waals surface area contributed by atoms with Crippen molar-refractivity contribution in [2.45, 2.75) is 19.9 Å². The smallest absolute Gasteiger partial charge is 0.371 e. The summed E-state index contributed by atoms with van der Waals surface area (Å²) in [6.45, 7) is 1.67. The van der Waals surface area contributed by atoms with Crippen LogP contribution in [0.3, 0.4) is 0 Å². The van der Waals surface area contributed by atoms with Gasteiger partial charge in [0.25, 0.3) is 0 Å². The first-order chi connectivity index (χ1) is 8.84. The van der Waals surface area contributed by atoms with Crippen LogP contribution in [-0.2, 0) is 21.2 Å². The zero-order valence-electron chi connectivity index (χ0n) is 10.4. The van der Waals surface area contributed by atoms with Crippen molar-refractivity contribution in [1.29, 1.82) is 0 Å². The maximum Gasteiger partial charge on any atom is 0.371 e. The monoisotopic (exact) mass is 289 g/mol. The van der Waals surface area contributed by atoms with Crippen molar-refractivity contribution in [2.75, 3.05) is 11.5 Å². The largest absolute Gasteiger partial charge is 0.475 e. The fourth-order valence-corrected chi connectivity index (χ4v) is 2.68. The summed E-state index contributed by atoms with van der Waals surface area (Å²) < 4.78 is 27.7. The van der Waals surface area contributed by atoms with Crippen LogP contribution in [0.1, 0.15) is 29.7 Å². The number of amides is 1. The molecule has 0 fully saturated rings. The molecule has 0 aliphatic heterocycles. The molecule has 2 N–H and O–H groups in total. The van der Waals surface area contributed by atoms with Crippen molar-refractivity contribution in [1.82, 2.24) is 5.32 Å². The van der Waals surface area contributed by atoms with Crippen molar-refractivity contribution < 1.29 is 27.5 Å². The standard InChI is InChI=1S/C11H15NO6S/c1-2-5-19(16,17)7-10(13)12-6-8-3-4-9(18-8)11(14)15/h3-4H,2,5-7H2,1H3,(H,12,13)(H,14,15). The van der Waals surface area contributed by atoms with Gasteiger partial charge in [-0.3, -0.25) is 4.79 Å². The summed E-state index contributed by atoms with van der Waals surface area (Å²) in [6.07, 6.45) is 0.454. The molecule has 0 radical (unpaired) electrons. The third-order valence-electron chi connectivity index (χ3n) is 2.20. The molecule has 1 heterocycles. The summed E-state index contributed by atoms with van der Waals surface area (Å²) in [5.41, 5.74) is 0. The molecule has 0 saturated heterocycles. The highest BCUT2D eigenvalue weighted by molar-refractivity contribution is 7.92. The third kappa shape index (κ3) is 5.12. The van der Waals surface area contributed by atoms with Gasteiger partial charge in [0.05, 0.1) is 12.3 Å². The Hall–Kier alpha value is -1.83. The first-order valence-corrected chi connectivity index (χ1v) is 7.45. The Balaban J connectivity index is 2.48. The van der Waals surface area contributed by atoms with Crippen molar-refractivity contribution in [3.63, 3.8) is 0 Å². The number of nitrogens with one attached hydrogen (secondary N) is 1. The zero-order valence-corrected chi connectivity index (χ0v) is 11.2. The van der Waals surface area contributed by atoms with Crippen molar-refractivity contribution in [2.24, 2.45) is 0 Å². The molecule has 1 aromatic rings. The lowest BCUT2D eigenvalue weighted by Gasteiger charge is -2.04. The maximum absolute atomic E-state index is 11.4. The van der Waals surface area contributed by atoms with Crippen LogP contribution in [0.15, 0.2) is 16.5 Å². The molecule has 0 aliphatic carbocycles. The topological polar surface area (TPSA) is 114 Å². The summed E-state index contributed by atoms with van der Waals surface area (Å²) in [6, 6.07) is 2.67. The Morgan fingerprint density at radius 3 is 2.58 bits per heavy atom. The number of rotatable bonds is 7. The van der Waals surface area contributed by atoms with Gasteiger partial charge in [-0.25, -0.2) is 13.2 Å². The van der Waals surface area contributed by atoms with Crippen LogP contribution in [0.5, 0.6) is 0 Å². The van der Waals surface area contributed by atoms with Crippen LogP contribution in [0.2, 0.25) is 0 Å². The minimum absolute atomic E-state index is 0.0374. The van der Waals surface area contributed by atoms with Gasteiger partial charge in [-0.2, -0.15) is 0 Å². The van der Waals surface area contributed by atoms with E-state index in [1.165, 1.54) is 12.1 Å². The molecule has 0 aliphatic rings. The van der Waals surface area contributed by atoms with E-state index in [1.807, 2.05) is 0 Å². The molecule has 0 saturated carbocycles. The quantitative estimate of drug-likeness (QED) is 0.752. The Bertz CT molecular complexity index is 559. The molecule has 1 aromatic heterocycles. The molecule has 1 rings (SSSR count). The summed E-state index contributed by atoms with van der Waals surface area (Å²) in [4.78, 5) is 22.0. The van der Waals surface area contributed by atoms with Crippen molar-refractivity contribution in [3.8, 4) is 0 Å². The number of carboxylic acids is 1. The second-order valence-electron chi connectivity index (χ2n) is 3.94. The zero-order chi connectivity index (χ0) is 14.5. The highest BCUT2D eigenvalue weighted by atomic mass is 32.2. The molecular formula is C11H15NO6S. The molecule has 0 bridgehead atoms. The molecule has 1 amide bonds. The van der Waals surface area contributed by atoms with Gasteiger partial charge < -0.3 is 14.8 Å². The first-order valence-electron chi connectivity index (χ1n) is 5.63. The van der Waals surface area contributed by atoms with E-state index >= 15 is 0 Å². The van der Waals surface area contributed by atoms with Crippen LogP contribution >= 0.6 is 0 Å². The third-order valence-corrected chi connectivity index (χ3v) is 3.93. The summed E-state index contributed by atoms with van der Waals surface area (Å²) in [5.74, 6) is -2.44. The molecule has 0 spiro atoms. The maximum atomic E-state index is 11.4. The van der Waals surface area contributed by atoms with E-state index in [2.05, 4.69) is 5.32 Å². The summed E-state index contributed by atoms with van der Waals surface area (Å²) in [7, 11) is -3.38. The number of carbonyl (C=O) groups is 2. The predicted molar refractivity (Wildman–Crippen MR) is 66.5 cm³/mol. The Labute approximate surface area is 110 Å². The van der Waals surface area contributed by atoms with Gasteiger partial charge in [0.15, 0.2) is 9.84 Å². The lowest BCUT2D eigenvalue weighted by Crippen LogP contribution is -2.30. The number of hydrogen-bond acceptors (Lipinski definition) is 5. The number of sulfone groups is 1. The lowest BCUT2D eigenvalue weighted by atomic mass is 10.4. The molecule has 0 atom stereocenters. The Morgan fingerprint density at radius 2 is 2.05 bits per heavy atom. The van der Waals surface area contributed by atoms with Gasteiger partial charge in [-0.1, -0.05) is 6.92 Å². The molecule has 0 unspecified atom stereocenters. The number of carbonyl (C=O) groups excluding carboxylic acids is 1. The van der Waals surface area contributed by atoms with Crippen molar-refractivity contribution >= 4 is 21.7 Å². The van der Waals surface area contributed by atoms with Gasteiger partial charge in [0, 0.05) is 0 Å². The van der Waals surface area contributed by atoms with Gasteiger partial charge >= 0.3 is 5.97 Å². The van der Waals surface area contributed by atoms with E-state index in [-0.39, 0.29) is 23.8 Å². The van der Waals surface area contributed by atoms with Gasteiger partial charge in [0.2, 0.25) is 11.7 Å². The Morgan fingerprint density at radius 1 is 1.37 bits per heavy atom. The molecule has 19 heavy (non-hydrogen) atoms. The van der Waals surface area contributed by atoms with E-state index in [1.54, 1.807) is 6.92 Å². The van der Waals surface area contributed by atoms with E-state index in [9.17, 15) is 18.0 Å². The normalized spacial score (nSPS) is 11.2. The van der Waals surface area contributed by atoms with E-state index < -0.39 is 27.5 Å². The van der Waals surface area contributed by atoms with Crippen LogP contribution in [0, 0.1) is 0 Å². The number of furan rings is 1. The second kappa shape index (κ2) is 6.37.